The maximum absolute atomic E-state index is 14.5. The van der Waals surface area contributed by atoms with Crippen LogP contribution in [0.25, 0.3) is 0 Å². The molecule has 4 aromatic rings. The van der Waals surface area contributed by atoms with Crippen molar-refractivity contribution in [2.75, 3.05) is 58.9 Å². The highest BCUT2D eigenvalue weighted by Gasteiger charge is 2.31. The lowest BCUT2D eigenvalue weighted by atomic mass is 10.1. The van der Waals surface area contributed by atoms with E-state index in [2.05, 4.69) is 0 Å². The van der Waals surface area contributed by atoms with Gasteiger partial charge in [0.25, 0.3) is 0 Å². The monoisotopic (exact) mass is 815 g/mol. The van der Waals surface area contributed by atoms with Gasteiger partial charge in [-0.05, 0) is 41.6 Å². The number of hydrogen-bond acceptors (Lipinski definition) is 7. The lowest BCUT2D eigenvalue weighted by Crippen LogP contribution is -2.53. The van der Waals surface area contributed by atoms with E-state index in [1.54, 1.807) is 0 Å². The Hall–Kier alpha value is -6.34. The Morgan fingerprint density at radius 1 is 0.367 bits per heavy atom. The van der Waals surface area contributed by atoms with Crippen LogP contribution in [0.3, 0.4) is 0 Å². The molecule has 0 spiro atoms. The molecular weight excluding hydrogens is 759 g/mol. The van der Waals surface area contributed by atoms with Gasteiger partial charge < -0.3 is 35.1 Å². The Labute approximate surface area is 353 Å². The van der Waals surface area contributed by atoms with Crippen molar-refractivity contribution in [3.63, 3.8) is 0 Å². The third-order valence-corrected chi connectivity index (χ3v) is 10.4. The van der Waals surface area contributed by atoms with Crippen molar-refractivity contribution >= 4 is 35.4 Å². The molecule has 2 N–H and O–H groups in total. The van der Waals surface area contributed by atoms with Gasteiger partial charge in [-0.1, -0.05) is 135 Å². The van der Waals surface area contributed by atoms with Crippen molar-refractivity contribution < 1.29 is 28.8 Å². The van der Waals surface area contributed by atoms with Crippen molar-refractivity contribution in [3.8, 4) is 0 Å². The van der Waals surface area contributed by atoms with Crippen LogP contribution in [-0.4, -0.2) is 124 Å². The molecular formula is C47H57N7O6. The average molecular weight is 816 g/mol. The molecule has 60 heavy (non-hydrogen) atoms. The quantitative estimate of drug-likeness (QED) is 0.203. The van der Waals surface area contributed by atoms with Gasteiger partial charge in [-0.2, -0.15) is 0 Å². The van der Waals surface area contributed by atoms with Gasteiger partial charge in [-0.3, -0.25) is 28.8 Å². The van der Waals surface area contributed by atoms with Crippen molar-refractivity contribution in [1.82, 2.24) is 29.4 Å². The second-order valence-electron chi connectivity index (χ2n) is 15.1. The highest BCUT2D eigenvalue weighted by atomic mass is 16.2. The molecule has 0 aromatic heterocycles. The summed E-state index contributed by atoms with van der Waals surface area (Å²) >= 11 is 0. The Morgan fingerprint density at radius 2 is 0.600 bits per heavy atom. The van der Waals surface area contributed by atoms with Crippen LogP contribution in [0.4, 0.5) is 0 Å². The topological polar surface area (TPSA) is 148 Å². The predicted octanol–water partition coefficient (Wildman–Crippen LogP) is 3.92. The molecule has 0 bridgehead atoms. The smallest absolute Gasteiger partial charge is 0.242 e. The first-order chi connectivity index (χ1) is 29.1. The highest BCUT2D eigenvalue weighted by molar-refractivity contribution is 5.93. The van der Waals surface area contributed by atoms with Crippen molar-refractivity contribution in [3.05, 3.63) is 144 Å². The summed E-state index contributed by atoms with van der Waals surface area (Å²) in [5.41, 5.74) is 8.99. The Bertz CT molecular complexity index is 1960. The van der Waals surface area contributed by atoms with E-state index < -0.39 is 35.4 Å². The van der Waals surface area contributed by atoms with Crippen LogP contribution in [0.1, 0.15) is 48.4 Å². The number of carbonyl (C=O) groups is 6. The minimum atomic E-state index is -0.479. The summed E-state index contributed by atoms with van der Waals surface area (Å²) in [6, 6.07) is 37.0. The maximum Gasteiger partial charge on any atom is 0.242 e. The Kier molecular flexibility index (Phi) is 17.4. The van der Waals surface area contributed by atoms with E-state index in [1.807, 2.05) is 128 Å². The standard InChI is InChI=1S/C47H57N7O6/c1-2-3-26-49-32-44(57)51(28-38-17-8-4-9-18-38)35-43(56)50(27-16-25-48)33-45(58)53(30-40-21-12-6-13-22-40)36-47(60)54(31-41-23-14-7-15-24-41)37-46(59)52(34-42(49)55)29-39-19-10-5-11-20-39/h4-15,17-24H,2-3,16,25-37,48H2,1H3. The van der Waals surface area contributed by atoms with Crippen LogP contribution in [0.15, 0.2) is 121 Å². The van der Waals surface area contributed by atoms with Crippen LogP contribution < -0.4 is 5.73 Å². The van der Waals surface area contributed by atoms with E-state index in [1.165, 1.54) is 29.4 Å². The second kappa shape index (κ2) is 23.3. The molecule has 1 aliphatic rings. The molecule has 0 atom stereocenters. The summed E-state index contributed by atoms with van der Waals surface area (Å²) in [6.07, 6.45) is 1.75. The zero-order valence-corrected chi connectivity index (χ0v) is 34.6. The van der Waals surface area contributed by atoms with Crippen LogP contribution in [-0.2, 0) is 54.9 Å². The van der Waals surface area contributed by atoms with E-state index in [0.717, 1.165) is 28.7 Å². The minimum Gasteiger partial charge on any atom is -0.332 e. The molecule has 13 heteroatoms. The van der Waals surface area contributed by atoms with Gasteiger partial charge in [0.2, 0.25) is 35.4 Å². The Morgan fingerprint density at radius 3 is 0.850 bits per heavy atom. The molecule has 0 aliphatic carbocycles. The number of hydrogen-bond donors (Lipinski definition) is 1. The minimum absolute atomic E-state index is 0.0678. The first-order valence-electron chi connectivity index (χ1n) is 20.7. The fourth-order valence-electron chi connectivity index (χ4n) is 6.94. The van der Waals surface area contributed by atoms with Crippen LogP contribution in [0, 0.1) is 0 Å². The summed E-state index contributed by atoms with van der Waals surface area (Å²) in [4.78, 5) is 94.9. The second-order valence-corrected chi connectivity index (χ2v) is 15.1. The zero-order valence-electron chi connectivity index (χ0n) is 34.6. The number of nitrogens with zero attached hydrogens (tertiary/aromatic N) is 6. The summed E-state index contributed by atoms with van der Waals surface area (Å²) in [5, 5.41) is 0. The molecule has 1 fully saturated rings. The predicted molar refractivity (Wildman–Crippen MR) is 229 cm³/mol. The van der Waals surface area contributed by atoms with Gasteiger partial charge in [0.15, 0.2) is 0 Å². The molecule has 1 saturated heterocycles. The lowest BCUT2D eigenvalue weighted by molar-refractivity contribution is -0.150. The van der Waals surface area contributed by atoms with Gasteiger partial charge in [0, 0.05) is 39.3 Å². The molecule has 6 amide bonds. The van der Waals surface area contributed by atoms with Gasteiger partial charge in [-0.15, -0.1) is 0 Å². The van der Waals surface area contributed by atoms with Crippen LogP contribution in [0.5, 0.6) is 0 Å². The number of rotatable bonds is 14. The van der Waals surface area contributed by atoms with Crippen molar-refractivity contribution in [1.29, 1.82) is 0 Å². The lowest BCUT2D eigenvalue weighted by Gasteiger charge is -2.34. The van der Waals surface area contributed by atoms with Gasteiger partial charge in [0.1, 0.15) is 26.2 Å². The summed E-state index contributed by atoms with van der Waals surface area (Å²) in [5.74, 6) is -2.78. The van der Waals surface area contributed by atoms with E-state index >= 15 is 0 Å². The van der Waals surface area contributed by atoms with Gasteiger partial charge >= 0.3 is 0 Å². The SMILES string of the molecule is CCCCN1CC(=O)N(Cc2ccccc2)CC(=O)N(CCCN)CC(=O)N(Cc2ccccc2)CC(=O)N(Cc2ccccc2)CC(=O)N(Cc2ccccc2)CC1=O. The van der Waals surface area contributed by atoms with E-state index in [-0.39, 0.29) is 85.1 Å². The maximum atomic E-state index is 14.5. The molecule has 5 rings (SSSR count). The molecule has 13 nitrogen and oxygen atoms in total. The van der Waals surface area contributed by atoms with Crippen molar-refractivity contribution in [2.45, 2.75) is 52.4 Å². The van der Waals surface area contributed by atoms with E-state index in [4.69, 9.17) is 5.73 Å². The Balaban J connectivity index is 1.58. The van der Waals surface area contributed by atoms with Gasteiger partial charge in [0.05, 0.1) is 13.1 Å². The largest absolute Gasteiger partial charge is 0.332 e. The summed E-state index contributed by atoms with van der Waals surface area (Å²) in [7, 11) is 0. The zero-order chi connectivity index (χ0) is 42.7. The van der Waals surface area contributed by atoms with E-state index in [9.17, 15) is 28.8 Å². The van der Waals surface area contributed by atoms with Crippen LogP contribution >= 0.6 is 0 Å². The summed E-state index contributed by atoms with van der Waals surface area (Å²) in [6.45, 7) is 0.811. The molecule has 0 unspecified atom stereocenters. The third-order valence-electron chi connectivity index (χ3n) is 10.4. The molecule has 316 valence electrons. The molecule has 0 radical (unpaired) electrons. The first kappa shape index (κ1) is 44.8. The average Bonchev–Trinajstić information content (AvgIpc) is 3.26. The number of unbranched alkanes of at least 4 members (excludes halogenated alkanes) is 1. The number of nitrogens with two attached hydrogens (primary N) is 1. The molecule has 4 aromatic carbocycles. The third kappa shape index (κ3) is 13.9. The number of carbonyl (C=O) groups excluding carboxylic acids is 6. The number of amides is 6. The summed E-state index contributed by atoms with van der Waals surface area (Å²) < 4.78 is 0. The molecule has 1 aliphatic heterocycles. The van der Waals surface area contributed by atoms with Crippen molar-refractivity contribution in [2.24, 2.45) is 5.73 Å². The van der Waals surface area contributed by atoms with Gasteiger partial charge in [-0.25, -0.2) is 0 Å². The molecule has 1 heterocycles. The molecule has 0 saturated carbocycles. The highest BCUT2D eigenvalue weighted by Crippen LogP contribution is 2.15. The normalized spacial score (nSPS) is 15.8. The van der Waals surface area contributed by atoms with E-state index in [0.29, 0.717) is 12.8 Å². The fraction of sp³-hybridized carbons (Fsp3) is 0.362. The van der Waals surface area contributed by atoms with Crippen LogP contribution in [0.2, 0.25) is 0 Å². The number of benzene rings is 4. The fourth-order valence-corrected chi connectivity index (χ4v) is 6.94. The first-order valence-corrected chi connectivity index (χ1v) is 20.7.